The van der Waals surface area contributed by atoms with Crippen LogP contribution in [0.25, 0.3) is 0 Å². The molecule has 0 heterocycles. The standard InChI is InChI=1S/C12H16O2S/c1-9-8-10(4-3-7-15)5-6-11(9)12(13)14-2/h5-6,8,15H,3-4,7H2,1-2H3. The van der Waals surface area contributed by atoms with Crippen molar-refractivity contribution in [3.63, 3.8) is 0 Å². The predicted octanol–water partition coefficient (Wildman–Crippen LogP) is 2.64. The lowest BCUT2D eigenvalue weighted by atomic mass is 10.0. The molecule has 0 saturated carbocycles. The van der Waals surface area contributed by atoms with Gasteiger partial charge in [0.2, 0.25) is 0 Å². The Kier molecular flexibility index (Phi) is 4.69. The fraction of sp³-hybridized carbons (Fsp3) is 0.417. The molecule has 0 amide bonds. The van der Waals surface area contributed by atoms with Crippen LogP contribution >= 0.6 is 12.6 Å². The molecule has 2 nitrogen and oxygen atoms in total. The van der Waals surface area contributed by atoms with Gasteiger partial charge >= 0.3 is 5.97 Å². The zero-order valence-electron chi connectivity index (χ0n) is 9.12. The molecule has 0 saturated heterocycles. The zero-order chi connectivity index (χ0) is 11.3. The molecule has 0 unspecified atom stereocenters. The number of benzene rings is 1. The molecule has 0 fully saturated rings. The number of ether oxygens (including phenoxy) is 1. The predicted molar refractivity (Wildman–Crippen MR) is 64.7 cm³/mol. The van der Waals surface area contributed by atoms with Gasteiger partial charge in [0.25, 0.3) is 0 Å². The van der Waals surface area contributed by atoms with Crippen molar-refractivity contribution < 1.29 is 9.53 Å². The summed E-state index contributed by atoms with van der Waals surface area (Å²) in [4.78, 5) is 11.3. The summed E-state index contributed by atoms with van der Waals surface area (Å²) in [5, 5.41) is 0. The Morgan fingerprint density at radius 3 is 2.73 bits per heavy atom. The van der Waals surface area contributed by atoms with E-state index in [1.807, 2.05) is 25.1 Å². The van der Waals surface area contributed by atoms with Crippen molar-refractivity contribution in [2.45, 2.75) is 19.8 Å². The Morgan fingerprint density at radius 2 is 2.20 bits per heavy atom. The summed E-state index contributed by atoms with van der Waals surface area (Å²) in [5.41, 5.74) is 2.86. The third-order valence-corrected chi connectivity index (χ3v) is 2.64. The number of carbonyl (C=O) groups is 1. The monoisotopic (exact) mass is 224 g/mol. The van der Waals surface area contributed by atoms with Crippen molar-refractivity contribution in [1.82, 2.24) is 0 Å². The van der Waals surface area contributed by atoms with E-state index in [-0.39, 0.29) is 5.97 Å². The molecule has 0 aliphatic carbocycles. The molecular weight excluding hydrogens is 208 g/mol. The van der Waals surface area contributed by atoms with Gasteiger partial charge in [-0.3, -0.25) is 0 Å². The number of thiol groups is 1. The van der Waals surface area contributed by atoms with Crippen LogP contribution in [0.2, 0.25) is 0 Å². The average molecular weight is 224 g/mol. The number of hydrogen-bond donors (Lipinski definition) is 1. The van der Waals surface area contributed by atoms with Crippen molar-refractivity contribution in [3.8, 4) is 0 Å². The highest BCUT2D eigenvalue weighted by Gasteiger charge is 2.08. The highest BCUT2D eigenvalue weighted by atomic mass is 32.1. The van der Waals surface area contributed by atoms with Gasteiger partial charge in [0.1, 0.15) is 0 Å². The molecule has 0 bridgehead atoms. The maximum Gasteiger partial charge on any atom is 0.338 e. The van der Waals surface area contributed by atoms with Crippen LogP contribution in [-0.2, 0) is 11.2 Å². The minimum atomic E-state index is -0.270. The molecule has 0 radical (unpaired) electrons. The molecule has 3 heteroatoms. The lowest BCUT2D eigenvalue weighted by Crippen LogP contribution is -2.04. The van der Waals surface area contributed by atoms with Gasteiger partial charge in [0.05, 0.1) is 12.7 Å². The van der Waals surface area contributed by atoms with E-state index in [1.165, 1.54) is 12.7 Å². The highest BCUT2D eigenvalue weighted by molar-refractivity contribution is 7.80. The van der Waals surface area contributed by atoms with Gasteiger partial charge < -0.3 is 4.74 Å². The van der Waals surface area contributed by atoms with Gasteiger partial charge in [-0.2, -0.15) is 12.6 Å². The van der Waals surface area contributed by atoms with Crippen LogP contribution in [0.5, 0.6) is 0 Å². The van der Waals surface area contributed by atoms with Crippen LogP contribution < -0.4 is 0 Å². The Hall–Kier alpha value is -0.960. The Labute approximate surface area is 96.1 Å². The van der Waals surface area contributed by atoms with Crippen LogP contribution in [0.4, 0.5) is 0 Å². The van der Waals surface area contributed by atoms with E-state index in [4.69, 9.17) is 0 Å². The number of rotatable bonds is 4. The minimum absolute atomic E-state index is 0.270. The SMILES string of the molecule is COC(=O)c1ccc(CCCS)cc1C. The first-order chi connectivity index (χ1) is 7.19. The maximum atomic E-state index is 11.3. The molecule has 1 aromatic rings. The third-order valence-electron chi connectivity index (χ3n) is 2.32. The summed E-state index contributed by atoms with van der Waals surface area (Å²) in [7, 11) is 1.40. The second-order valence-corrected chi connectivity index (χ2v) is 3.92. The van der Waals surface area contributed by atoms with E-state index in [2.05, 4.69) is 17.4 Å². The van der Waals surface area contributed by atoms with E-state index >= 15 is 0 Å². The Morgan fingerprint density at radius 1 is 1.47 bits per heavy atom. The Balaban J connectivity index is 2.83. The molecule has 0 aliphatic heterocycles. The first kappa shape index (κ1) is 12.1. The lowest BCUT2D eigenvalue weighted by molar-refractivity contribution is 0.0600. The number of methoxy groups -OCH3 is 1. The largest absolute Gasteiger partial charge is 0.465 e. The van der Waals surface area contributed by atoms with Crippen molar-refractivity contribution in [2.24, 2.45) is 0 Å². The van der Waals surface area contributed by atoms with Crippen molar-refractivity contribution in [3.05, 3.63) is 34.9 Å². The fourth-order valence-electron chi connectivity index (χ4n) is 1.50. The number of aryl methyl sites for hydroxylation is 2. The van der Waals surface area contributed by atoms with E-state index in [0.717, 1.165) is 24.2 Å². The molecule has 0 aromatic heterocycles. The average Bonchev–Trinajstić information content (AvgIpc) is 2.25. The topological polar surface area (TPSA) is 26.3 Å². The maximum absolute atomic E-state index is 11.3. The van der Waals surface area contributed by atoms with Gasteiger partial charge in [0, 0.05) is 0 Å². The van der Waals surface area contributed by atoms with Crippen molar-refractivity contribution in [1.29, 1.82) is 0 Å². The molecule has 0 atom stereocenters. The molecule has 1 aromatic carbocycles. The molecular formula is C12H16O2S. The quantitative estimate of drug-likeness (QED) is 0.628. The summed E-state index contributed by atoms with van der Waals surface area (Å²) in [6.07, 6.45) is 2.06. The van der Waals surface area contributed by atoms with Crippen LogP contribution in [-0.4, -0.2) is 18.8 Å². The van der Waals surface area contributed by atoms with Crippen LogP contribution in [0.3, 0.4) is 0 Å². The molecule has 0 aliphatic rings. The van der Waals surface area contributed by atoms with Gasteiger partial charge in [-0.15, -0.1) is 0 Å². The summed E-state index contributed by atoms with van der Waals surface area (Å²) < 4.78 is 4.69. The van der Waals surface area contributed by atoms with Gasteiger partial charge in [-0.25, -0.2) is 4.79 Å². The number of esters is 1. The second kappa shape index (κ2) is 5.81. The third kappa shape index (κ3) is 3.27. The molecule has 1 rings (SSSR count). The van der Waals surface area contributed by atoms with Gasteiger partial charge in [-0.1, -0.05) is 12.1 Å². The minimum Gasteiger partial charge on any atom is -0.465 e. The van der Waals surface area contributed by atoms with E-state index < -0.39 is 0 Å². The normalized spacial score (nSPS) is 10.1. The zero-order valence-corrected chi connectivity index (χ0v) is 10.0. The first-order valence-electron chi connectivity index (χ1n) is 4.97. The first-order valence-corrected chi connectivity index (χ1v) is 5.61. The molecule has 0 N–H and O–H groups in total. The highest BCUT2D eigenvalue weighted by Crippen LogP contribution is 2.13. The summed E-state index contributed by atoms with van der Waals surface area (Å²) in [6, 6.07) is 5.84. The van der Waals surface area contributed by atoms with E-state index in [0.29, 0.717) is 5.56 Å². The summed E-state index contributed by atoms with van der Waals surface area (Å²) in [6.45, 7) is 1.93. The summed E-state index contributed by atoms with van der Waals surface area (Å²) in [5.74, 6) is 0.617. The van der Waals surface area contributed by atoms with Crippen LogP contribution in [0, 0.1) is 6.92 Å². The van der Waals surface area contributed by atoms with Crippen molar-refractivity contribution >= 4 is 18.6 Å². The fourth-order valence-corrected chi connectivity index (χ4v) is 1.66. The molecule has 82 valence electrons. The number of hydrogen-bond acceptors (Lipinski definition) is 3. The van der Waals surface area contributed by atoms with E-state index in [1.54, 1.807) is 0 Å². The summed E-state index contributed by atoms with van der Waals surface area (Å²) >= 11 is 4.17. The van der Waals surface area contributed by atoms with E-state index in [9.17, 15) is 4.79 Å². The lowest BCUT2D eigenvalue weighted by Gasteiger charge is -2.06. The Bertz CT molecular complexity index is 347. The van der Waals surface area contributed by atoms with Gasteiger partial charge in [-0.05, 0) is 42.7 Å². The van der Waals surface area contributed by atoms with Crippen molar-refractivity contribution in [2.75, 3.05) is 12.9 Å². The van der Waals surface area contributed by atoms with Gasteiger partial charge in [0.15, 0.2) is 0 Å². The molecule has 0 spiro atoms. The second-order valence-electron chi connectivity index (χ2n) is 3.47. The number of carbonyl (C=O) groups excluding carboxylic acids is 1. The van der Waals surface area contributed by atoms with Crippen LogP contribution in [0.1, 0.15) is 27.9 Å². The van der Waals surface area contributed by atoms with Crippen LogP contribution in [0.15, 0.2) is 18.2 Å². The molecule has 15 heavy (non-hydrogen) atoms. The smallest absolute Gasteiger partial charge is 0.338 e.